The molecule has 0 bridgehead atoms. The van der Waals surface area contributed by atoms with Gasteiger partial charge in [0, 0.05) is 11.6 Å². The zero-order valence-electron chi connectivity index (χ0n) is 12.0. The van der Waals surface area contributed by atoms with Crippen LogP contribution < -0.4 is 5.32 Å². The highest BCUT2D eigenvalue weighted by Gasteiger charge is 2.16. The van der Waals surface area contributed by atoms with Gasteiger partial charge in [-0.05, 0) is 25.0 Å². The van der Waals surface area contributed by atoms with Crippen molar-refractivity contribution in [1.82, 2.24) is 9.97 Å². The molecule has 3 heteroatoms. The largest absolute Gasteiger partial charge is 0.381 e. The number of nitrogens with zero attached hydrogens (tertiary/aromatic N) is 1. The molecule has 106 valence electrons. The van der Waals surface area contributed by atoms with E-state index in [-0.39, 0.29) is 0 Å². The summed E-state index contributed by atoms with van der Waals surface area (Å²) >= 11 is 0. The molecule has 1 fully saturated rings. The van der Waals surface area contributed by atoms with Gasteiger partial charge in [0.1, 0.15) is 11.3 Å². The van der Waals surface area contributed by atoms with Crippen LogP contribution in [0.1, 0.15) is 25.7 Å². The quantitative estimate of drug-likeness (QED) is 0.735. The predicted molar refractivity (Wildman–Crippen MR) is 87.4 cm³/mol. The molecule has 0 aliphatic heterocycles. The molecular weight excluding hydrogens is 258 g/mol. The molecule has 3 aromatic rings. The van der Waals surface area contributed by atoms with E-state index in [0.29, 0.717) is 6.04 Å². The van der Waals surface area contributed by atoms with Crippen LogP contribution in [-0.2, 0) is 0 Å². The SMILES string of the molecule is c1ccc(-c2nc3c(NC4CCCC4)cccc3[nH]2)cc1. The maximum absolute atomic E-state index is 4.81. The Hall–Kier alpha value is -2.29. The number of hydrogen-bond acceptors (Lipinski definition) is 2. The molecule has 21 heavy (non-hydrogen) atoms. The minimum Gasteiger partial charge on any atom is -0.381 e. The van der Waals surface area contributed by atoms with Crippen molar-refractivity contribution >= 4 is 16.7 Å². The fourth-order valence-electron chi connectivity index (χ4n) is 3.17. The van der Waals surface area contributed by atoms with Gasteiger partial charge >= 0.3 is 0 Å². The van der Waals surface area contributed by atoms with E-state index >= 15 is 0 Å². The second kappa shape index (κ2) is 5.24. The van der Waals surface area contributed by atoms with Crippen molar-refractivity contribution in [3.8, 4) is 11.4 Å². The number of benzene rings is 2. The van der Waals surface area contributed by atoms with Crippen molar-refractivity contribution in [2.75, 3.05) is 5.32 Å². The standard InChI is InChI=1S/C18H19N3/c1-2-7-13(8-3-1)18-20-16-12-6-11-15(17(16)21-18)19-14-9-4-5-10-14/h1-3,6-8,11-12,14,19H,4-5,9-10H2,(H,20,21). The third kappa shape index (κ3) is 2.40. The molecule has 0 radical (unpaired) electrons. The summed E-state index contributed by atoms with van der Waals surface area (Å²) in [6.07, 6.45) is 5.21. The van der Waals surface area contributed by atoms with Crippen LogP contribution in [0.15, 0.2) is 48.5 Å². The van der Waals surface area contributed by atoms with Gasteiger partial charge in [0.05, 0.1) is 11.2 Å². The van der Waals surface area contributed by atoms with E-state index in [9.17, 15) is 0 Å². The number of fused-ring (bicyclic) bond motifs is 1. The lowest BCUT2D eigenvalue weighted by atomic mass is 10.2. The van der Waals surface area contributed by atoms with E-state index in [2.05, 4.69) is 40.6 Å². The van der Waals surface area contributed by atoms with E-state index < -0.39 is 0 Å². The molecule has 1 aromatic heterocycles. The first kappa shape index (κ1) is 12.5. The Kier molecular flexibility index (Phi) is 3.11. The van der Waals surface area contributed by atoms with Gasteiger partial charge < -0.3 is 10.3 Å². The summed E-state index contributed by atoms with van der Waals surface area (Å²) in [5.41, 5.74) is 4.42. The van der Waals surface area contributed by atoms with Gasteiger partial charge in [-0.2, -0.15) is 0 Å². The van der Waals surface area contributed by atoms with Crippen molar-refractivity contribution in [2.45, 2.75) is 31.7 Å². The molecule has 0 amide bonds. The second-order valence-electron chi connectivity index (χ2n) is 5.78. The zero-order valence-corrected chi connectivity index (χ0v) is 12.0. The maximum Gasteiger partial charge on any atom is 0.138 e. The van der Waals surface area contributed by atoms with Gasteiger partial charge in [0.15, 0.2) is 0 Å². The van der Waals surface area contributed by atoms with Crippen LogP contribution in [-0.4, -0.2) is 16.0 Å². The minimum atomic E-state index is 0.604. The number of aromatic amines is 1. The minimum absolute atomic E-state index is 0.604. The summed E-state index contributed by atoms with van der Waals surface area (Å²) in [4.78, 5) is 8.23. The van der Waals surface area contributed by atoms with Crippen molar-refractivity contribution in [3.05, 3.63) is 48.5 Å². The van der Waals surface area contributed by atoms with Crippen LogP contribution in [0.2, 0.25) is 0 Å². The monoisotopic (exact) mass is 277 g/mol. The molecule has 3 nitrogen and oxygen atoms in total. The first-order valence-electron chi connectivity index (χ1n) is 7.71. The van der Waals surface area contributed by atoms with E-state index in [0.717, 1.165) is 28.1 Å². The van der Waals surface area contributed by atoms with Crippen molar-refractivity contribution in [3.63, 3.8) is 0 Å². The average molecular weight is 277 g/mol. The van der Waals surface area contributed by atoms with Gasteiger partial charge in [0.25, 0.3) is 0 Å². The number of aromatic nitrogens is 2. The van der Waals surface area contributed by atoms with Gasteiger partial charge in [-0.3, -0.25) is 0 Å². The molecule has 0 atom stereocenters. The van der Waals surface area contributed by atoms with E-state index in [1.54, 1.807) is 0 Å². The van der Waals surface area contributed by atoms with Crippen LogP contribution in [0.3, 0.4) is 0 Å². The average Bonchev–Trinajstić information content (AvgIpc) is 3.17. The van der Waals surface area contributed by atoms with Crippen LogP contribution >= 0.6 is 0 Å². The van der Waals surface area contributed by atoms with Gasteiger partial charge in [-0.1, -0.05) is 49.2 Å². The Morgan fingerprint density at radius 1 is 0.952 bits per heavy atom. The van der Waals surface area contributed by atoms with Gasteiger partial charge in [-0.25, -0.2) is 4.98 Å². The van der Waals surface area contributed by atoms with E-state index in [4.69, 9.17) is 4.98 Å². The number of imidazole rings is 1. The lowest BCUT2D eigenvalue weighted by Crippen LogP contribution is -2.14. The summed E-state index contributed by atoms with van der Waals surface area (Å²) < 4.78 is 0. The van der Waals surface area contributed by atoms with Crippen molar-refractivity contribution < 1.29 is 0 Å². The highest BCUT2D eigenvalue weighted by atomic mass is 15.0. The van der Waals surface area contributed by atoms with Gasteiger partial charge in [0.2, 0.25) is 0 Å². The van der Waals surface area contributed by atoms with Crippen molar-refractivity contribution in [1.29, 1.82) is 0 Å². The summed E-state index contributed by atoms with van der Waals surface area (Å²) in [5.74, 6) is 0.936. The molecule has 2 aromatic carbocycles. The Morgan fingerprint density at radius 2 is 1.76 bits per heavy atom. The molecule has 1 aliphatic rings. The van der Waals surface area contributed by atoms with Crippen LogP contribution in [0.5, 0.6) is 0 Å². The number of hydrogen-bond donors (Lipinski definition) is 2. The number of anilines is 1. The van der Waals surface area contributed by atoms with Crippen LogP contribution in [0.25, 0.3) is 22.4 Å². The van der Waals surface area contributed by atoms with Crippen molar-refractivity contribution in [2.24, 2.45) is 0 Å². The smallest absolute Gasteiger partial charge is 0.138 e. The molecule has 0 saturated heterocycles. The molecule has 1 aliphatic carbocycles. The molecule has 4 rings (SSSR count). The van der Waals surface area contributed by atoms with E-state index in [1.807, 2.05) is 18.2 Å². The fourth-order valence-corrected chi connectivity index (χ4v) is 3.17. The van der Waals surface area contributed by atoms with Crippen LogP contribution in [0, 0.1) is 0 Å². The third-order valence-corrected chi connectivity index (χ3v) is 4.27. The summed E-state index contributed by atoms with van der Waals surface area (Å²) in [6.45, 7) is 0. The second-order valence-corrected chi connectivity index (χ2v) is 5.78. The highest BCUT2D eigenvalue weighted by molar-refractivity contribution is 5.90. The Morgan fingerprint density at radius 3 is 2.57 bits per heavy atom. The third-order valence-electron chi connectivity index (χ3n) is 4.27. The summed E-state index contributed by atoms with van der Waals surface area (Å²) in [7, 11) is 0. The number of H-pyrrole nitrogens is 1. The zero-order chi connectivity index (χ0) is 14.1. The molecule has 1 heterocycles. The fraction of sp³-hybridized carbons (Fsp3) is 0.278. The first-order valence-corrected chi connectivity index (χ1v) is 7.71. The number of rotatable bonds is 3. The Balaban J connectivity index is 1.73. The Bertz CT molecular complexity index is 740. The lowest BCUT2D eigenvalue weighted by Gasteiger charge is -2.13. The molecule has 0 spiro atoms. The summed E-state index contributed by atoms with van der Waals surface area (Å²) in [6, 6.07) is 17.2. The maximum atomic E-state index is 4.81. The highest BCUT2D eigenvalue weighted by Crippen LogP contribution is 2.28. The van der Waals surface area contributed by atoms with Gasteiger partial charge in [-0.15, -0.1) is 0 Å². The molecule has 2 N–H and O–H groups in total. The predicted octanol–water partition coefficient (Wildman–Crippen LogP) is 4.58. The molecule has 1 saturated carbocycles. The number of para-hydroxylation sites is 1. The first-order chi connectivity index (χ1) is 10.4. The molecule has 0 unspecified atom stereocenters. The topological polar surface area (TPSA) is 40.7 Å². The lowest BCUT2D eigenvalue weighted by molar-refractivity contribution is 0.756. The van der Waals surface area contributed by atoms with Crippen LogP contribution in [0.4, 0.5) is 5.69 Å². The summed E-state index contributed by atoms with van der Waals surface area (Å²) in [5, 5.41) is 3.67. The number of nitrogens with one attached hydrogen (secondary N) is 2. The van der Waals surface area contributed by atoms with E-state index in [1.165, 1.54) is 25.7 Å². The molecular formula is C18H19N3. The Labute approximate surface area is 124 Å². The normalized spacial score (nSPS) is 15.6.